The maximum absolute atomic E-state index is 11.5. The van der Waals surface area contributed by atoms with E-state index in [2.05, 4.69) is 10.1 Å². The SMILES string of the molecule is COC(=O)/C=C/c1ccc(NC2CCOC(c3ccccc3)C2)c([N+](=O)[O-])c1. The third-order valence-corrected chi connectivity index (χ3v) is 4.65. The van der Waals surface area contributed by atoms with E-state index in [4.69, 9.17) is 4.74 Å². The molecule has 1 fully saturated rings. The van der Waals surface area contributed by atoms with E-state index in [9.17, 15) is 14.9 Å². The van der Waals surface area contributed by atoms with E-state index < -0.39 is 10.9 Å². The highest BCUT2D eigenvalue weighted by atomic mass is 16.6. The predicted octanol–water partition coefficient (Wildman–Crippen LogP) is 4.11. The molecule has 3 rings (SSSR count). The van der Waals surface area contributed by atoms with Crippen molar-refractivity contribution in [3.05, 3.63) is 75.8 Å². The van der Waals surface area contributed by atoms with Gasteiger partial charge in [0.05, 0.1) is 18.1 Å². The second-order valence-electron chi connectivity index (χ2n) is 6.53. The normalized spacial score (nSPS) is 19.3. The Hall–Kier alpha value is -3.19. The van der Waals surface area contributed by atoms with Gasteiger partial charge in [-0.05, 0) is 36.1 Å². The van der Waals surface area contributed by atoms with E-state index >= 15 is 0 Å². The van der Waals surface area contributed by atoms with Crippen molar-refractivity contribution >= 4 is 23.4 Å². The van der Waals surface area contributed by atoms with E-state index in [1.54, 1.807) is 12.1 Å². The van der Waals surface area contributed by atoms with Gasteiger partial charge in [-0.2, -0.15) is 0 Å². The van der Waals surface area contributed by atoms with E-state index in [1.807, 2.05) is 30.3 Å². The second-order valence-corrected chi connectivity index (χ2v) is 6.53. The number of benzene rings is 2. The summed E-state index contributed by atoms with van der Waals surface area (Å²) in [7, 11) is 1.28. The van der Waals surface area contributed by atoms with Gasteiger partial charge in [-0.1, -0.05) is 36.4 Å². The van der Waals surface area contributed by atoms with Crippen LogP contribution in [0.1, 0.15) is 30.1 Å². The quantitative estimate of drug-likeness (QED) is 0.350. The first-order chi connectivity index (χ1) is 13.6. The topological polar surface area (TPSA) is 90.7 Å². The van der Waals surface area contributed by atoms with E-state index in [0.29, 0.717) is 17.9 Å². The molecule has 1 aliphatic heterocycles. The predicted molar refractivity (Wildman–Crippen MR) is 106 cm³/mol. The molecule has 0 saturated carbocycles. The second kappa shape index (κ2) is 9.14. The Balaban J connectivity index is 1.74. The Bertz CT molecular complexity index is 866. The third-order valence-electron chi connectivity index (χ3n) is 4.65. The lowest BCUT2D eigenvalue weighted by molar-refractivity contribution is -0.384. The summed E-state index contributed by atoms with van der Waals surface area (Å²) < 4.78 is 10.4. The zero-order chi connectivity index (χ0) is 19.9. The van der Waals surface area contributed by atoms with Crippen LogP contribution in [0.5, 0.6) is 0 Å². The van der Waals surface area contributed by atoms with Crippen molar-refractivity contribution < 1.29 is 19.2 Å². The number of esters is 1. The van der Waals surface area contributed by atoms with E-state index in [-0.39, 0.29) is 17.8 Å². The summed E-state index contributed by atoms with van der Waals surface area (Å²) >= 11 is 0. The van der Waals surface area contributed by atoms with Crippen LogP contribution in [0.25, 0.3) is 6.08 Å². The molecule has 1 saturated heterocycles. The summed E-state index contributed by atoms with van der Waals surface area (Å²) in [4.78, 5) is 22.3. The number of nitrogens with one attached hydrogen (secondary N) is 1. The van der Waals surface area contributed by atoms with Crippen molar-refractivity contribution in [1.29, 1.82) is 0 Å². The molecule has 28 heavy (non-hydrogen) atoms. The summed E-state index contributed by atoms with van der Waals surface area (Å²) in [5.74, 6) is -0.515. The molecule has 0 aliphatic carbocycles. The fraction of sp³-hybridized carbons (Fsp3) is 0.286. The zero-order valence-electron chi connectivity index (χ0n) is 15.5. The number of carbonyl (C=O) groups excluding carboxylic acids is 1. The van der Waals surface area contributed by atoms with Gasteiger partial charge < -0.3 is 14.8 Å². The van der Waals surface area contributed by atoms with Crippen LogP contribution >= 0.6 is 0 Å². The summed E-state index contributed by atoms with van der Waals surface area (Å²) in [6.07, 6.45) is 4.18. The van der Waals surface area contributed by atoms with Crippen LogP contribution in [0.2, 0.25) is 0 Å². The maximum atomic E-state index is 11.5. The standard InChI is InChI=1S/C21H22N2O5/c1-27-21(24)10-8-15-7-9-18(19(13-15)23(25)26)22-17-11-12-28-20(14-17)16-5-3-2-4-6-16/h2-10,13,17,20,22H,11-12,14H2,1H3/b10-8+. The van der Waals surface area contributed by atoms with Crippen LogP contribution in [0, 0.1) is 10.1 Å². The number of rotatable bonds is 6. The number of ether oxygens (including phenoxy) is 2. The van der Waals surface area contributed by atoms with Gasteiger partial charge in [0.2, 0.25) is 0 Å². The number of hydrogen-bond acceptors (Lipinski definition) is 6. The Morgan fingerprint density at radius 3 is 2.79 bits per heavy atom. The van der Waals surface area contributed by atoms with Crippen LogP contribution in [0.15, 0.2) is 54.6 Å². The molecule has 7 heteroatoms. The summed E-state index contributed by atoms with van der Waals surface area (Å²) in [5, 5.41) is 14.8. The fourth-order valence-electron chi connectivity index (χ4n) is 3.21. The molecule has 0 bridgehead atoms. The van der Waals surface area contributed by atoms with Crippen molar-refractivity contribution in [1.82, 2.24) is 0 Å². The van der Waals surface area contributed by atoms with Gasteiger partial charge in [0, 0.05) is 24.8 Å². The summed E-state index contributed by atoms with van der Waals surface area (Å²) in [6.45, 7) is 0.588. The lowest BCUT2D eigenvalue weighted by Crippen LogP contribution is -2.30. The Morgan fingerprint density at radius 2 is 2.07 bits per heavy atom. The van der Waals surface area contributed by atoms with Crippen molar-refractivity contribution in [2.75, 3.05) is 19.0 Å². The minimum atomic E-state index is -0.515. The van der Waals surface area contributed by atoms with Gasteiger partial charge in [-0.3, -0.25) is 10.1 Å². The maximum Gasteiger partial charge on any atom is 0.330 e. The van der Waals surface area contributed by atoms with E-state index in [1.165, 1.54) is 25.3 Å². The molecule has 0 radical (unpaired) electrons. The summed E-state index contributed by atoms with van der Waals surface area (Å²) in [5.41, 5.74) is 2.08. The lowest BCUT2D eigenvalue weighted by Gasteiger charge is -2.31. The molecule has 2 unspecified atom stereocenters. The average molecular weight is 382 g/mol. The van der Waals surface area contributed by atoms with Crippen molar-refractivity contribution in [2.24, 2.45) is 0 Å². The fourth-order valence-corrected chi connectivity index (χ4v) is 3.21. The summed E-state index contributed by atoms with van der Waals surface area (Å²) in [6, 6.07) is 14.9. The van der Waals surface area contributed by atoms with Crippen LogP contribution < -0.4 is 5.32 Å². The molecule has 1 aliphatic rings. The zero-order valence-corrected chi connectivity index (χ0v) is 15.5. The number of nitro groups is 1. The Labute approximate surface area is 163 Å². The van der Waals surface area contributed by atoms with Gasteiger partial charge >= 0.3 is 5.97 Å². The van der Waals surface area contributed by atoms with Crippen LogP contribution in [-0.4, -0.2) is 30.7 Å². The number of nitro benzene ring substituents is 1. The minimum absolute atomic E-state index is 0.0326. The van der Waals surface area contributed by atoms with Gasteiger partial charge in [-0.25, -0.2) is 4.79 Å². The molecular weight excluding hydrogens is 360 g/mol. The highest BCUT2D eigenvalue weighted by Crippen LogP contribution is 2.32. The van der Waals surface area contributed by atoms with Gasteiger partial charge in [0.25, 0.3) is 5.69 Å². The van der Waals surface area contributed by atoms with Gasteiger partial charge in [0.1, 0.15) is 5.69 Å². The number of anilines is 1. The molecule has 0 spiro atoms. The van der Waals surface area contributed by atoms with Crippen LogP contribution in [0.4, 0.5) is 11.4 Å². The van der Waals surface area contributed by atoms with Crippen molar-refractivity contribution in [3.8, 4) is 0 Å². The number of nitrogens with zero attached hydrogens (tertiary/aromatic N) is 1. The Kier molecular flexibility index (Phi) is 6.39. The highest BCUT2D eigenvalue weighted by molar-refractivity contribution is 5.87. The molecule has 2 atom stereocenters. The molecule has 146 valence electrons. The first kappa shape index (κ1) is 19.6. The number of methoxy groups -OCH3 is 1. The van der Waals surface area contributed by atoms with Crippen molar-refractivity contribution in [3.63, 3.8) is 0 Å². The minimum Gasteiger partial charge on any atom is -0.466 e. The molecule has 7 nitrogen and oxygen atoms in total. The number of hydrogen-bond donors (Lipinski definition) is 1. The lowest BCUT2D eigenvalue weighted by atomic mass is 9.97. The highest BCUT2D eigenvalue weighted by Gasteiger charge is 2.25. The molecule has 1 heterocycles. The smallest absolute Gasteiger partial charge is 0.330 e. The number of carbonyl (C=O) groups is 1. The third kappa shape index (κ3) is 4.95. The monoisotopic (exact) mass is 382 g/mol. The first-order valence-corrected chi connectivity index (χ1v) is 9.04. The average Bonchev–Trinajstić information content (AvgIpc) is 2.73. The Morgan fingerprint density at radius 1 is 1.29 bits per heavy atom. The molecule has 0 amide bonds. The van der Waals surface area contributed by atoms with Crippen molar-refractivity contribution in [2.45, 2.75) is 25.0 Å². The molecule has 1 N–H and O–H groups in total. The van der Waals surface area contributed by atoms with E-state index in [0.717, 1.165) is 18.4 Å². The molecule has 0 aromatic heterocycles. The molecular formula is C21H22N2O5. The van der Waals surface area contributed by atoms with Crippen LogP contribution in [-0.2, 0) is 14.3 Å². The molecule has 2 aromatic carbocycles. The van der Waals surface area contributed by atoms with Gasteiger partial charge in [-0.15, -0.1) is 0 Å². The van der Waals surface area contributed by atoms with Crippen LogP contribution in [0.3, 0.4) is 0 Å². The first-order valence-electron chi connectivity index (χ1n) is 9.04. The largest absolute Gasteiger partial charge is 0.466 e. The molecule has 2 aromatic rings. The van der Waals surface area contributed by atoms with Gasteiger partial charge in [0.15, 0.2) is 0 Å².